The van der Waals surface area contributed by atoms with Crippen LogP contribution in [0.3, 0.4) is 0 Å². The number of nitrogens with zero attached hydrogens (tertiary/aromatic N) is 1. The van der Waals surface area contributed by atoms with Crippen LogP contribution in [0, 0.1) is 6.92 Å². The predicted molar refractivity (Wildman–Crippen MR) is 175 cm³/mol. The van der Waals surface area contributed by atoms with Gasteiger partial charge in [-0.25, -0.2) is 4.79 Å². The lowest BCUT2D eigenvalue weighted by Gasteiger charge is -2.23. The van der Waals surface area contributed by atoms with Gasteiger partial charge in [0.25, 0.3) is 0 Å². The van der Waals surface area contributed by atoms with Crippen LogP contribution < -0.4 is 26.0 Å². The number of anilines is 3. The molecule has 11 heteroatoms. The smallest absolute Gasteiger partial charge is 0.323 e. The highest BCUT2D eigenvalue weighted by atomic mass is 16.5. The fourth-order valence-corrected chi connectivity index (χ4v) is 4.70. The normalized spacial score (nSPS) is 10.5. The number of aliphatic carboxylic acids is 1. The summed E-state index contributed by atoms with van der Waals surface area (Å²) in [5.74, 6) is -1.42. The van der Waals surface area contributed by atoms with Crippen LogP contribution in [0.4, 0.5) is 21.9 Å². The van der Waals surface area contributed by atoms with E-state index in [1.165, 1.54) is 12.0 Å². The number of hydrogen-bond acceptors (Lipinski definition) is 6. The minimum Gasteiger partial charge on any atom is -0.495 e. The highest BCUT2D eigenvalue weighted by Crippen LogP contribution is 2.26. The Morgan fingerprint density at radius 2 is 1.56 bits per heavy atom. The molecule has 0 radical (unpaired) electrons. The number of aryl methyl sites for hydroxylation is 1. The van der Waals surface area contributed by atoms with E-state index in [1.54, 1.807) is 24.3 Å². The molecule has 0 aromatic heterocycles. The Bertz CT molecular complexity index is 1670. The van der Waals surface area contributed by atoms with Gasteiger partial charge < -0.3 is 36.0 Å². The van der Waals surface area contributed by atoms with Crippen LogP contribution in [0.5, 0.6) is 5.75 Å². The first kappa shape index (κ1) is 32.3. The molecular formula is C34H37N5O6. The van der Waals surface area contributed by atoms with Crippen LogP contribution in [-0.4, -0.2) is 67.1 Å². The van der Waals surface area contributed by atoms with Gasteiger partial charge in [0.1, 0.15) is 5.75 Å². The van der Waals surface area contributed by atoms with Crippen LogP contribution >= 0.6 is 0 Å². The van der Waals surface area contributed by atoms with Crippen molar-refractivity contribution in [3.63, 3.8) is 0 Å². The molecule has 0 aliphatic heterocycles. The monoisotopic (exact) mass is 611 g/mol. The SMILES string of the molecule is COc1cc(CC(=O)NCC(=O)N(CCNc2ccc3ccccc3c2)CCC(=O)O)ccc1NC(=O)Nc1ccccc1C. The molecular weight excluding hydrogens is 574 g/mol. The third-order valence-electron chi connectivity index (χ3n) is 7.12. The molecule has 0 aliphatic carbocycles. The molecule has 0 heterocycles. The molecule has 0 fully saturated rings. The number of nitrogens with one attached hydrogen (secondary N) is 4. The second kappa shape index (κ2) is 15.8. The van der Waals surface area contributed by atoms with E-state index in [9.17, 15) is 19.2 Å². The minimum atomic E-state index is -1.01. The van der Waals surface area contributed by atoms with Gasteiger partial charge in [0, 0.05) is 31.0 Å². The van der Waals surface area contributed by atoms with E-state index in [-0.39, 0.29) is 38.4 Å². The first-order chi connectivity index (χ1) is 21.7. The molecule has 0 aliphatic rings. The first-order valence-corrected chi connectivity index (χ1v) is 14.5. The summed E-state index contributed by atoms with van der Waals surface area (Å²) in [6, 6.07) is 25.9. The minimum absolute atomic E-state index is 0.0204. The maximum absolute atomic E-state index is 13.0. The maximum Gasteiger partial charge on any atom is 0.323 e. The molecule has 4 aromatic rings. The average molecular weight is 612 g/mol. The third kappa shape index (κ3) is 9.72. The van der Waals surface area contributed by atoms with Gasteiger partial charge in [0.05, 0.1) is 32.2 Å². The topological polar surface area (TPSA) is 149 Å². The summed E-state index contributed by atoms with van der Waals surface area (Å²) >= 11 is 0. The summed E-state index contributed by atoms with van der Waals surface area (Å²) in [6.07, 6.45) is -0.239. The maximum atomic E-state index is 13.0. The molecule has 0 saturated heterocycles. The van der Waals surface area contributed by atoms with Gasteiger partial charge in [0.2, 0.25) is 11.8 Å². The molecule has 0 atom stereocenters. The Balaban J connectivity index is 1.28. The lowest BCUT2D eigenvalue weighted by Crippen LogP contribution is -2.43. The highest BCUT2D eigenvalue weighted by molar-refractivity contribution is 6.01. The molecule has 234 valence electrons. The molecule has 4 amide bonds. The predicted octanol–water partition coefficient (Wildman–Crippen LogP) is 4.87. The van der Waals surface area contributed by atoms with Crippen molar-refractivity contribution in [1.82, 2.24) is 10.2 Å². The number of hydrogen-bond donors (Lipinski definition) is 5. The van der Waals surface area contributed by atoms with Gasteiger partial charge in [-0.05, 0) is 59.2 Å². The van der Waals surface area contributed by atoms with Crippen LogP contribution in [0.25, 0.3) is 10.8 Å². The number of para-hydroxylation sites is 1. The quantitative estimate of drug-likeness (QED) is 0.137. The standard InChI is InChI=1S/C34H37N5O6/c1-23-7-3-6-10-28(23)37-34(44)38-29-14-11-24(19-30(29)45-2)20-31(40)36-22-32(41)39(17-15-33(42)43)18-16-35-27-13-12-25-8-4-5-9-26(25)21-27/h3-14,19,21,35H,15-18,20,22H2,1-2H3,(H,36,40)(H,42,43)(H2,37,38,44). The number of carboxylic acid groups (broad SMARTS) is 1. The van der Waals surface area contributed by atoms with Gasteiger partial charge in [-0.3, -0.25) is 14.4 Å². The van der Waals surface area contributed by atoms with E-state index < -0.39 is 17.9 Å². The van der Waals surface area contributed by atoms with Crippen molar-refractivity contribution in [1.29, 1.82) is 0 Å². The van der Waals surface area contributed by atoms with E-state index in [0.717, 1.165) is 22.0 Å². The number of carboxylic acids is 1. The fraction of sp³-hybridized carbons (Fsp3) is 0.235. The van der Waals surface area contributed by atoms with Crippen molar-refractivity contribution in [2.24, 2.45) is 0 Å². The first-order valence-electron chi connectivity index (χ1n) is 14.5. The number of amides is 4. The highest BCUT2D eigenvalue weighted by Gasteiger charge is 2.17. The van der Waals surface area contributed by atoms with Crippen molar-refractivity contribution >= 4 is 51.6 Å². The van der Waals surface area contributed by atoms with Gasteiger partial charge in [0.15, 0.2) is 0 Å². The molecule has 0 unspecified atom stereocenters. The number of ether oxygens (including phenoxy) is 1. The van der Waals surface area contributed by atoms with Crippen LogP contribution in [0.2, 0.25) is 0 Å². The fourth-order valence-electron chi connectivity index (χ4n) is 4.70. The van der Waals surface area contributed by atoms with Crippen LogP contribution in [-0.2, 0) is 20.8 Å². The van der Waals surface area contributed by atoms with E-state index in [2.05, 4.69) is 21.3 Å². The van der Waals surface area contributed by atoms with Gasteiger partial charge in [-0.2, -0.15) is 0 Å². The summed E-state index contributed by atoms with van der Waals surface area (Å²) in [4.78, 5) is 50.8. The molecule has 0 bridgehead atoms. The van der Waals surface area contributed by atoms with E-state index in [1.807, 2.05) is 67.6 Å². The number of urea groups is 1. The van der Waals surface area contributed by atoms with Gasteiger partial charge in [-0.1, -0.05) is 54.6 Å². The zero-order valence-corrected chi connectivity index (χ0v) is 25.3. The molecule has 4 aromatic carbocycles. The van der Waals surface area contributed by atoms with Crippen molar-refractivity contribution in [2.45, 2.75) is 19.8 Å². The van der Waals surface area contributed by atoms with E-state index >= 15 is 0 Å². The van der Waals surface area contributed by atoms with Crippen molar-refractivity contribution in [3.8, 4) is 5.75 Å². The third-order valence-corrected chi connectivity index (χ3v) is 7.12. The number of methoxy groups -OCH3 is 1. The van der Waals surface area contributed by atoms with Gasteiger partial charge in [-0.15, -0.1) is 0 Å². The Kier molecular flexibility index (Phi) is 11.3. The number of carbonyl (C=O) groups excluding carboxylic acids is 3. The summed E-state index contributed by atoms with van der Waals surface area (Å²) in [5, 5.41) is 22.8. The second-order valence-corrected chi connectivity index (χ2v) is 10.4. The molecule has 45 heavy (non-hydrogen) atoms. The lowest BCUT2D eigenvalue weighted by molar-refractivity contribution is -0.138. The molecule has 0 spiro atoms. The Morgan fingerprint density at radius 1 is 0.822 bits per heavy atom. The average Bonchev–Trinajstić information content (AvgIpc) is 3.03. The second-order valence-electron chi connectivity index (χ2n) is 10.4. The summed E-state index contributed by atoms with van der Waals surface area (Å²) in [5.41, 5.74) is 3.52. The Hall–Kier alpha value is -5.58. The number of rotatable bonds is 14. The van der Waals surface area contributed by atoms with Crippen molar-refractivity contribution in [2.75, 3.05) is 49.2 Å². The van der Waals surface area contributed by atoms with E-state index in [4.69, 9.17) is 9.84 Å². The lowest BCUT2D eigenvalue weighted by atomic mass is 10.1. The Morgan fingerprint density at radius 3 is 2.31 bits per heavy atom. The van der Waals surface area contributed by atoms with Crippen LogP contribution in [0.15, 0.2) is 84.9 Å². The summed E-state index contributed by atoms with van der Waals surface area (Å²) < 4.78 is 5.42. The largest absolute Gasteiger partial charge is 0.495 e. The van der Waals surface area contributed by atoms with Gasteiger partial charge >= 0.3 is 12.0 Å². The number of carbonyl (C=O) groups is 4. The Labute approximate surface area is 261 Å². The zero-order chi connectivity index (χ0) is 32.2. The summed E-state index contributed by atoms with van der Waals surface area (Å²) in [7, 11) is 1.46. The zero-order valence-electron chi connectivity index (χ0n) is 25.3. The van der Waals surface area contributed by atoms with Crippen LogP contribution in [0.1, 0.15) is 17.5 Å². The molecule has 0 saturated carbocycles. The molecule has 11 nitrogen and oxygen atoms in total. The molecule has 5 N–H and O–H groups in total. The van der Waals surface area contributed by atoms with E-state index in [0.29, 0.717) is 29.2 Å². The summed E-state index contributed by atoms with van der Waals surface area (Å²) in [6.45, 7) is 2.30. The number of fused-ring (bicyclic) bond motifs is 1. The van der Waals surface area contributed by atoms with Crippen molar-refractivity contribution in [3.05, 3.63) is 96.1 Å². The number of benzene rings is 4. The molecule has 4 rings (SSSR count). The van der Waals surface area contributed by atoms with Crippen molar-refractivity contribution < 1.29 is 29.0 Å².